The number of nitrogens with zero attached hydrogens (tertiary/aromatic N) is 1. The van der Waals surface area contributed by atoms with Gasteiger partial charge in [-0.15, -0.1) is 0 Å². The summed E-state index contributed by atoms with van der Waals surface area (Å²) in [4.78, 5) is 2.57. The van der Waals surface area contributed by atoms with E-state index in [1.807, 2.05) is 0 Å². The fourth-order valence-corrected chi connectivity index (χ4v) is 6.20. The minimum atomic E-state index is 0.834. The lowest BCUT2D eigenvalue weighted by Crippen LogP contribution is -2.23. The standard InChI is InChI=1S/C45H37N/c1-5-13-37(14-6-1)40-25-21-35(22-26-40)32-46(33-36-23-27-41(28-24-36)38-15-7-2-8-16-38)34-44-30-29-43(39-17-9-3-10-18-39)31-45(44)42-19-11-4-12-20-42/h1-31H,32-34H2. The molecular formula is C45H37N. The Hall–Kier alpha value is -5.50. The van der Waals surface area contributed by atoms with Gasteiger partial charge in [0.25, 0.3) is 0 Å². The first-order valence-electron chi connectivity index (χ1n) is 16.0. The molecule has 0 unspecified atom stereocenters. The molecule has 222 valence electrons. The van der Waals surface area contributed by atoms with Gasteiger partial charge in [0.1, 0.15) is 0 Å². The molecule has 46 heavy (non-hydrogen) atoms. The average Bonchev–Trinajstić information content (AvgIpc) is 3.14. The van der Waals surface area contributed by atoms with Gasteiger partial charge in [-0.25, -0.2) is 0 Å². The molecule has 0 aliphatic heterocycles. The lowest BCUT2D eigenvalue weighted by atomic mass is 9.94. The molecule has 0 atom stereocenters. The molecule has 0 amide bonds. The van der Waals surface area contributed by atoms with Gasteiger partial charge in [0.2, 0.25) is 0 Å². The fraction of sp³-hybridized carbons (Fsp3) is 0.0667. The number of rotatable bonds is 10. The predicted molar refractivity (Wildman–Crippen MR) is 194 cm³/mol. The van der Waals surface area contributed by atoms with Crippen LogP contribution in [0.25, 0.3) is 44.5 Å². The highest BCUT2D eigenvalue weighted by molar-refractivity contribution is 5.75. The second-order valence-corrected chi connectivity index (χ2v) is 11.9. The summed E-state index contributed by atoms with van der Waals surface area (Å²) >= 11 is 0. The van der Waals surface area contributed by atoms with E-state index in [2.05, 4.69) is 193 Å². The monoisotopic (exact) mass is 591 g/mol. The van der Waals surface area contributed by atoms with Gasteiger partial charge in [-0.05, 0) is 67.3 Å². The van der Waals surface area contributed by atoms with Crippen LogP contribution in [0.5, 0.6) is 0 Å². The molecule has 0 aromatic heterocycles. The molecule has 0 N–H and O–H groups in total. The van der Waals surface area contributed by atoms with Crippen molar-refractivity contribution in [1.29, 1.82) is 0 Å². The SMILES string of the molecule is c1ccc(-c2ccc(CN(Cc3ccc(-c4ccccc4)cc3)Cc3ccc(-c4ccccc4)cc3-c3ccccc3)cc2)cc1. The summed E-state index contributed by atoms with van der Waals surface area (Å²) in [6, 6.07) is 67.8. The molecule has 0 aliphatic rings. The zero-order valence-corrected chi connectivity index (χ0v) is 26.0. The van der Waals surface area contributed by atoms with E-state index >= 15 is 0 Å². The van der Waals surface area contributed by atoms with Crippen molar-refractivity contribution in [2.45, 2.75) is 19.6 Å². The Bertz CT molecular complexity index is 1880. The van der Waals surface area contributed by atoms with Crippen molar-refractivity contribution in [3.8, 4) is 44.5 Å². The van der Waals surface area contributed by atoms with E-state index in [9.17, 15) is 0 Å². The van der Waals surface area contributed by atoms with E-state index in [4.69, 9.17) is 0 Å². The van der Waals surface area contributed by atoms with Crippen LogP contribution < -0.4 is 0 Å². The molecular weight excluding hydrogens is 555 g/mol. The van der Waals surface area contributed by atoms with Gasteiger partial charge >= 0.3 is 0 Å². The Morgan fingerprint density at radius 1 is 0.283 bits per heavy atom. The van der Waals surface area contributed by atoms with Crippen molar-refractivity contribution >= 4 is 0 Å². The van der Waals surface area contributed by atoms with Gasteiger partial charge in [0.15, 0.2) is 0 Å². The van der Waals surface area contributed by atoms with Gasteiger partial charge in [-0.3, -0.25) is 4.90 Å². The Morgan fingerprint density at radius 3 is 1.07 bits per heavy atom. The summed E-state index contributed by atoms with van der Waals surface area (Å²) in [5, 5.41) is 0. The van der Waals surface area contributed by atoms with Crippen molar-refractivity contribution in [1.82, 2.24) is 4.90 Å². The molecule has 0 bridgehead atoms. The topological polar surface area (TPSA) is 3.24 Å². The van der Waals surface area contributed by atoms with Crippen molar-refractivity contribution < 1.29 is 0 Å². The summed E-state index contributed by atoms with van der Waals surface area (Å²) in [5.41, 5.74) is 13.9. The summed E-state index contributed by atoms with van der Waals surface area (Å²) in [5.74, 6) is 0. The van der Waals surface area contributed by atoms with Crippen molar-refractivity contribution in [2.24, 2.45) is 0 Å². The van der Waals surface area contributed by atoms with Crippen LogP contribution in [0.4, 0.5) is 0 Å². The van der Waals surface area contributed by atoms with E-state index in [-0.39, 0.29) is 0 Å². The highest BCUT2D eigenvalue weighted by Gasteiger charge is 2.14. The number of benzene rings is 7. The van der Waals surface area contributed by atoms with Crippen molar-refractivity contribution in [3.63, 3.8) is 0 Å². The first-order chi connectivity index (χ1) is 22.8. The highest BCUT2D eigenvalue weighted by Crippen LogP contribution is 2.32. The quantitative estimate of drug-likeness (QED) is 0.153. The van der Waals surface area contributed by atoms with Crippen LogP contribution >= 0.6 is 0 Å². The average molecular weight is 592 g/mol. The maximum absolute atomic E-state index is 2.57. The van der Waals surface area contributed by atoms with Crippen LogP contribution in [0.1, 0.15) is 16.7 Å². The molecule has 0 saturated heterocycles. The van der Waals surface area contributed by atoms with Gasteiger partial charge in [-0.2, -0.15) is 0 Å². The van der Waals surface area contributed by atoms with Crippen LogP contribution in [-0.4, -0.2) is 4.90 Å². The van der Waals surface area contributed by atoms with Crippen LogP contribution in [-0.2, 0) is 19.6 Å². The van der Waals surface area contributed by atoms with Crippen LogP contribution in [0.3, 0.4) is 0 Å². The molecule has 0 heterocycles. The van der Waals surface area contributed by atoms with E-state index in [0.29, 0.717) is 0 Å². The maximum atomic E-state index is 2.57. The Morgan fingerprint density at radius 2 is 0.630 bits per heavy atom. The normalized spacial score (nSPS) is 11.1. The van der Waals surface area contributed by atoms with Gasteiger partial charge in [-0.1, -0.05) is 182 Å². The lowest BCUT2D eigenvalue weighted by Gasteiger charge is -2.25. The third kappa shape index (κ3) is 7.07. The van der Waals surface area contributed by atoms with Gasteiger partial charge in [0.05, 0.1) is 0 Å². The van der Waals surface area contributed by atoms with Crippen LogP contribution in [0.2, 0.25) is 0 Å². The summed E-state index contributed by atoms with van der Waals surface area (Å²) < 4.78 is 0. The molecule has 1 heteroatoms. The Labute approximate surface area is 273 Å². The van der Waals surface area contributed by atoms with Crippen LogP contribution in [0.15, 0.2) is 188 Å². The minimum absolute atomic E-state index is 0.834. The van der Waals surface area contributed by atoms with Crippen molar-refractivity contribution in [2.75, 3.05) is 0 Å². The summed E-state index contributed by atoms with van der Waals surface area (Å²) in [7, 11) is 0. The highest BCUT2D eigenvalue weighted by atomic mass is 15.1. The maximum Gasteiger partial charge on any atom is 0.0247 e. The molecule has 0 aliphatic carbocycles. The number of hydrogen-bond donors (Lipinski definition) is 0. The van der Waals surface area contributed by atoms with Crippen molar-refractivity contribution in [3.05, 3.63) is 205 Å². The summed E-state index contributed by atoms with van der Waals surface area (Å²) in [6.45, 7) is 2.54. The van der Waals surface area contributed by atoms with E-state index in [1.165, 1.54) is 61.2 Å². The molecule has 0 radical (unpaired) electrons. The van der Waals surface area contributed by atoms with E-state index in [1.54, 1.807) is 0 Å². The lowest BCUT2D eigenvalue weighted by molar-refractivity contribution is 0.248. The predicted octanol–water partition coefficient (Wildman–Crippen LogP) is 11.6. The smallest absolute Gasteiger partial charge is 0.0247 e. The first-order valence-corrected chi connectivity index (χ1v) is 16.0. The Kier molecular flexibility index (Phi) is 8.94. The first kappa shape index (κ1) is 29.2. The zero-order valence-electron chi connectivity index (χ0n) is 26.0. The third-order valence-electron chi connectivity index (χ3n) is 8.63. The second kappa shape index (κ2) is 14.1. The van der Waals surface area contributed by atoms with Gasteiger partial charge in [0, 0.05) is 19.6 Å². The molecule has 0 fully saturated rings. The molecule has 1 nitrogen and oxygen atoms in total. The third-order valence-corrected chi connectivity index (χ3v) is 8.63. The minimum Gasteiger partial charge on any atom is -0.291 e. The van der Waals surface area contributed by atoms with Crippen LogP contribution in [0, 0.1) is 0 Å². The largest absolute Gasteiger partial charge is 0.291 e. The van der Waals surface area contributed by atoms with E-state index < -0.39 is 0 Å². The van der Waals surface area contributed by atoms with Gasteiger partial charge < -0.3 is 0 Å². The molecule has 7 aromatic carbocycles. The molecule has 7 rings (SSSR count). The fourth-order valence-electron chi connectivity index (χ4n) is 6.20. The summed E-state index contributed by atoms with van der Waals surface area (Å²) in [6.07, 6.45) is 0. The van der Waals surface area contributed by atoms with E-state index in [0.717, 1.165) is 19.6 Å². The molecule has 0 saturated carbocycles. The number of hydrogen-bond acceptors (Lipinski definition) is 1. The molecule has 0 spiro atoms. The molecule has 7 aromatic rings. The second-order valence-electron chi connectivity index (χ2n) is 11.9. The Balaban J connectivity index is 1.21. The zero-order chi connectivity index (χ0) is 31.0.